The van der Waals surface area contributed by atoms with Crippen LogP contribution in [0.4, 0.5) is 10.1 Å². The van der Waals surface area contributed by atoms with Gasteiger partial charge < -0.3 is 19.7 Å². The number of anilines is 1. The number of hydrogen-bond donors (Lipinski definition) is 2. The van der Waals surface area contributed by atoms with Crippen LogP contribution in [-0.2, 0) is 4.79 Å². The smallest absolute Gasteiger partial charge is 0.341 e. The fourth-order valence-electron chi connectivity index (χ4n) is 6.89. The molecule has 3 aliphatic rings. The van der Waals surface area contributed by atoms with Gasteiger partial charge in [-0.2, -0.15) is 0 Å². The van der Waals surface area contributed by atoms with Crippen LogP contribution in [0.1, 0.15) is 132 Å². The first-order chi connectivity index (χ1) is 22.2. The van der Waals surface area contributed by atoms with Crippen molar-refractivity contribution in [2.45, 2.75) is 134 Å². The van der Waals surface area contributed by atoms with Crippen LogP contribution >= 0.6 is 0 Å². The van der Waals surface area contributed by atoms with Crippen LogP contribution in [0.2, 0.25) is 0 Å². The molecule has 254 valence electrons. The highest BCUT2D eigenvalue weighted by molar-refractivity contribution is 5.93. The van der Waals surface area contributed by atoms with Crippen LogP contribution in [0.3, 0.4) is 0 Å². The van der Waals surface area contributed by atoms with Gasteiger partial charge in [0.2, 0.25) is 5.43 Å². The lowest BCUT2D eigenvalue weighted by molar-refractivity contribution is -0.137. The van der Waals surface area contributed by atoms with Gasteiger partial charge in [-0.05, 0) is 70.5 Å². The van der Waals surface area contributed by atoms with E-state index in [1.54, 1.807) is 6.07 Å². The summed E-state index contributed by atoms with van der Waals surface area (Å²) in [5.41, 5.74) is 0.251. The molecule has 2 aliphatic heterocycles. The fourth-order valence-corrected chi connectivity index (χ4v) is 6.89. The number of unbranched alkanes of at least 4 members (excludes halogenated alkanes) is 11. The van der Waals surface area contributed by atoms with Crippen molar-refractivity contribution in [1.82, 2.24) is 9.47 Å². The van der Waals surface area contributed by atoms with Gasteiger partial charge in [0, 0.05) is 49.2 Å². The number of aromatic carboxylic acids is 1. The third kappa shape index (κ3) is 9.90. The summed E-state index contributed by atoms with van der Waals surface area (Å²) in [5.74, 6) is -2.38. The minimum atomic E-state index is -1.27. The number of fused-ring (bicyclic) bond motifs is 3. The number of aromatic nitrogens is 1. The first kappa shape index (κ1) is 35.7. The maximum atomic E-state index is 14.9. The van der Waals surface area contributed by atoms with E-state index in [1.165, 1.54) is 82.9 Å². The Morgan fingerprint density at radius 3 is 2.04 bits per heavy atom. The van der Waals surface area contributed by atoms with E-state index in [2.05, 4.69) is 35.9 Å². The molecule has 0 unspecified atom stereocenters. The molecular formula is C37H54FN3O5. The summed E-state index contributed by atoms with van der Waals surface area (Å²) in [7, 11) is 2.09. The van der Waals surface area contributed by atoms with Crippen LogP contribution in [0, 0.1) is 5.82 Å². The highest BCUT2D eigenvalue weighted by Gasteiger charge is 2.42. The molecule has 3 fully saturated rings. The van der Waals surface area contributed by atoms with E-state index in [0.717, 1.165) is 45.2 Å². The van der Waals surface area contributed by atoms with Crippen LogP contribution in [0.25, 0.3) is 10.9 Å². The molecule has 0 radical (unpaired) electrons. The van der Waals surface area contributed by atoms with Crippen LogP contribution in [0.5, 0.6) is 0 Å². The molecule has 2 atom stereocenters. The predicted octanol–water partition coefficient (Wildman–Crippen LogP) is 8.17. The zero-order chi connectivity index (χ0) is 33.1. The molecule has 1 aromatic heterocycles. The van der Waals surface area contributed by atoms with Gasteiger partial charge in [0.15, 0.2) is 0 Å². The number of likely N-dealkylation sites (N-methyl/N-ethyl adjacent to an activating group) is 1. The quantitative estimate of drug-likeness (QED) is 0.125. The van der Waals surface area contributed by atoms with Crippen molar-refractivity contribution in [3.63, 3.8) is 0 Å². The van der Waals surface area contributed by atoms with Crippen molar-refractivity contribution < 1.29 is 24.2 Å². The standard InChI is InChI=1S/C19H20FN3O3.C18H34O2/c1-21-7-12-4-11(21)8-22(12)17-6-16-13(5-15(17)20)18(24)14(19(25)26)9-23(16)10-2-3-10;1-2-3-4-5-6-7-8-9-10-11-12-13-14-15-16-17-18(19)20/h5-6,9-12H,2-4,7-8H2,1H3,(H,25,26);9-10H,2-8,11-17H2,1H3,(H,19,20)/b;10-9-/t11-,12-;/m0./s1. The molecule has 0 spiro atoms. The van der Waals surface area contributed by atoms with Gasteiger partial charge in [-0.3, -0.25) is 14.5 Å². The molecule has 2 N–H and O–H groups in total. The van der Waals surface area contributed by atoms with E-state index in [4.69, 9.17) is 5.11 Å². The second kappa shape index (κ2) is 17.6. The van der Waals surface area contributed by atoms with Crippen LogP contribution < -0.4 is 10.3 Å². The van der Waals surface area contributed by atoms with E-state index in [0.29, 0.717) is 23.7 Å². The maximum absolute atomic E-state index is 14.9. The van der Waals surface area contributed by atoms with Gasteiger partial charge >= 0.3 is 11.9 Å². The van der Waals surface area contributed by atoms with E-state index >= 15 is 0 Å². The summed E-state index contributed by atoms with van der Waals surface area (Å²) in [6, 6.07) is 3.90. The second-order valence-electron chi connectivity index (χ2n) is 13.5. The van der Waals surface area contributed by atoms with Crippen molar-refractivity contribution in [3.8, 4) is 0 Å². The molecule has 2 bridgehead atoms. The number of piperazine rings is 1. The summed E-state index contributed by atoms with van der Waals surface area (Å²) in [4.78, 5) is 38.7. The Morgan fingerprint density at radius 1 is 0.870 bits per heavy atom. The van der Waals surface area contributed by atoms with E-state index < -0.39 is 23.2 Å². The highest BCUT2D eigenvalue weighted by atomic mass is 19.1. The number of hydrogen-bond acceptors (Lipinski definition) is 5. The first-order valence-electron chi connectivity index (χ1n) is 17.7. The summed E-state index contributed by atoms with van der Waals surface area (Å²) in [6.45, 7) is 3.95. The number of carboxylic acid groups (broad SMARTS) is 2. The highest BCUT2D eigenvalue weighted by Crippen LogP contribution is 2.40. The van der Waals surface area contributed by atoms with Gasteiger partial charge in [0.1, 0.15) is 11.4 Å². The number of carboxylic acids is 2. The van der Waals surface area contributed by atoms with Gasteiger partial charge in [-0.1, -0.05) is 70.4 Å². The Bertz CT molecular complexity index is 1400. The number of likely N-dealkylation sites (tertiary alicyclic amines) is 1. The maximum Gasteiger partial charge on any atom is 0.341 e. The molecule has 0 amide bonds. The number of carbonyl (C=O) groups is 2. The lowest BCUT2D eigenvalue weighted by Gasteiger charge is -2.34. The van der Waals surface area contributed by atoms with Gasteiger partial charge in [0.05, 0.1) is 11.2 Å². The second-order valence-corrected chi connectivity index (χ2v) is 13.5. The lowest BCUT2D eigenvalue weighted by atomic mass is 10.1. The monoisotopic (exact) mass is 639 g/mol. The SMILES string of the molecule is CCCCCCCC/C=C\CCCCCCCC(=O)O.CN1C[C@@H]2C[C@H]1CN2c1cc2c(cc1F)c(=O)c(C(=O)O)cn2C1CC1. The molecule has 9 heteroatoms. The van der Waals surface area contributed by atoms with Gasteiger partial charge in [-0.15, -0.1) is 0 Å². The predicted molar refractivity (Wildman–Crippen MR) is 183 cm³/mol. The summed E-state index contributed by atoms with van der Waals surface area (Å²) in [6.07, 6.45) is 25.6. The number of halogens is 1. The largest absolute Gasteiger partial charge is 0.481 e. The zero-order valence-electron chi connectivity index (χ0n) is 27.9. The fraction of sp³-hybridized carbons (Fsp3) is 0.649. The van der Waals surface area contributed by atoms with Crippen molar-refractivity contribution >= 4 is 28.5 Å². The minimum absolute atomic E-state index is 0.152. The summed E-state index contributed by atoms with van der Waals surface area (Å²) in [5, 5.41) is 18.0. The minimum Gasteiger partial charge on any atom is -0.481 e. The van der Waals surface area contributed by atoms with Gasteiger partial charge in [-0.25, -0.2) is 9.18 Å². The molecule has 1 aromatic carbocycles. The summed E-state index contributed by atoms with van der Waals surface area (Å²) < 4.78 is 16.8. The molecule has 46 heavy (non-hydrogen) atoms. The van der Waals surface area contributed by atoms with Crippen LogP contribution in [0.15, 0.2) is 35.3 Å². The third-order valence-electron chi connectivity index (χ3n) is 9.75. The average Bonchev–Trinajstić information content (AvgIpc) is 3.69. The zero-order valence-corrected chi connectivity index (χ0v) is 27.9. The third-order valence-corrected chi connectivity index (χ3v) is 9.75. The number of benzene rings is 1. The van der Waals surface area contributed by atoms with E-state index in [1.807, 2.05) is 4.57 Å². The van der Waals surface area contributed by atoms with E-state index in [9.17, 15) is 23.9 Å². The van der Waals surface area contributed by atoms with Crippen molar-refractivity contribution in [2.24, 2.45) is 0 Å². The van der Waals surface area contributed by atoms with Crippen molar-refractivity contribution in [2.75, 3.05) is 25.0 Å². The topological polar surface area (TPSA) is 103 Å². The Kier molecular flexibility index (Phi) is 13.7. The number of pyridine rings is 1. The summed E-state index contributed by atoms with van der Waals surface area (Å²) >= 11 is 0. The number of aliphatic carboxylic acids is 1. The molecule has 3 heterocycles. The molecule has 1 saturated carbocycles. The Hall–Kier alpha value is -3.20. The number of allylic oxidation sites excluding steroid dienone is 2. The molecule has 2 aromatic rings. The normalized spacial score (nSPS) is 19.2. The first-order valence-corrected chi connectivity index (χ1v) is 17.7. The van der Waals surface area contributed by atoms with Crippen molar-refractivity contribution in [1.29, 1.82) is 0 Å². The van der Waals surface area contributed by atoms with Gasteiger partial charge in [0.25, 0.3) is 0 Å². The molecule has 5 rings (SSSR count). The average molecular weight is 640 g/mol. The lowest BCUT2D eigenvalue weighted by Crippen LogP contribution is -2.44. The molecular weight excluding hydrogens is 585 g/mol. The Balaban J connectivity index is 0.000000219. The Labute approximate surface area is 273 Å². The number of nitrogens with zero attached hydrogens (tertiary/aromatic N) is 3. The number of rotatable bonds is 18. The van der Waals surface area contributed by atoms with E-state index in [-0.39, 0.29) is 23.0 Å². The van der Waals surface area contributed by atoms with Crippen LogP contribution in [-0.4, -0.2) is 63.8 Å². The molecule has 8 nitrogen and oxygen atoms in total. The van der Waals surface area contributed by atoms with Crippen molar-refractivity contribution in [3.05, 3.63) is 52.1 Å². The molecule has 2 saturated heterocycles. The Morgan fingerprint density at radius 2 is 1.50 bits per heavy atom. The molecule has 1 aliphatic carbocycles.